The van der Waals surface area contributed by atoms with Crippen molar-refractivity contribution in [3.05, 3.63) is 72.4 Å². The molecule has 1 amide bonds. The van der Waals surface area contributed by atoms with Crippen LogP contribution in [0.25, 0.3) is 10.8 Å². The van der Waals surface area contributed by atoms with E-state index in [-0.39, 0.29) is 52.0 Å². The molecule has 1 atom stereocenters. The van der Waals surface area contributed by atoms with Gasteiger partial charge in [0.2, 0.25) is 5.78 Å². The molecule has 6 N–H and O–H groups in total. The molecule has 44 heavy (non-hydrogen) atoms. The average molecular weight is 621 g/mol. The lowest BCUT2D eigenvalue weighted by Crippen LogP contribution is -2.36. The van der Waals surface area contributed by atoms with E-state index in [2.05, 4.69) is 20.8 Å². The lowest BCUT2D eigenvalue weighted by atomic mass is 9.76. The Kier molecular flexibility index (Phi) is 6.44. The number of H-pyrrole nitrogens is 1. The van der Waals surface area contributed by atoms with Crippen LogP contribution in [0.2, 0.25) is 5.02 Å². The number of phenols is 3. The number of nitrogens with zero attached hydrogens (tertiary/aromatic N) is 1. The number of carbonyl (C=O) groups is 5. The Bertz CT molecular complexity index is 2060. The zero-order valence-corrected chi connectivity index (χ0v) is 23.6. The highest BCUT2D eigenvalue weighted by Gasteiger charge is 2.62. The molecule has 1 heterocycles. The van der Waals surface area contributed by atoms with Gasteiger partial charge in [0.05, 0.1) is 58.2 Å². The Hall–Kier alpha value is -5.34. The summed E-state index contributed by atoms with van der Waals surface area (Å²) in [5.74, 6) is -7.61. The first kappa shape index (κ1) is 28.8. The highest BCUT2D eigenvalue weighted by atomic mass is 35.5. The number of halogens is 1. The third kappa shape index (κ3) is 3.61. The van der Waals surface area contributed by atoms with E-state index in [0.29, 0.717) is 0 Å². The van der Waals surface area contributed by atoms with Crippen LogP contribution in [0.15, 0.2) is 27.8 Å². The van der Waals surface area contributed by atoms with E-state index in [1.165, 1.54) is 6.07 Å². The number of carbonyl (C=O) groups excluding carboxylic acids is 5. The zero-order valence-electron chi connectivity index (χ0n) is 22.9. The molecule has 0 saturated heterocycles. The van der Waals surface area contributed by atoms with Crippen LogP contribution >= 0.6 is 11.6 Å². The minimum Gasteiger partial charge on any atom is -0.507 e. The number of pyridine rings is 1. The topological polar surface area (TPSA) is 225 Å². The van der Waals surface area contributed by atoms with Crippen molar-refractivity contribution in [3.8, 4) is 17.2 Å². The molecular weight excluding hydrogens is 600 g/mol. The molecule has 0 radical (unpaired) electrons. The molecule has 0 aliphatic heterocycles. The van der Waals surface area contributed by atoms with Gasteiger partial charge in [-0.15, -0.1) is 0 Å². The first-order valence-electron chi connectivity index (χ1n) is 13.0. The SMILES string of the molecule is CNCC(=O)N/N=C/c1cc2c(Cl)c3c(c(O)c2c(=O)[nH]1)[C@@]1(CC3)C(=O)c2c(O)c3c(c(O)c2C1=O)C(=O)C(OC)=CC3=O. The van der Waals surface area contributed by atoms with E-state index in [4.69, 9.17) is 16.3 Å². The monoisotopic (exact) mass is 620 g/mol. The van der Waals surface area contributed by atoms with Gasteiger partial charge in [-0.3, -0.25) is 28.8 Å². The zero-order chi connectivity index (χ0) is 31.8. The number of likely N-dealkylation sites (N-methyl/N-ethyl adjacent to an activating group) is 1. The van der Waals surface area contributed by atoms with E-state index >= 15 is 0 Å². The number of ketones is 4. The number of hydrazone groups is 1. The Morgan fingerprint density at radius 2 is 1.73 bits per heavy atom. The predicted molar refractivity (Wildman–Crippen MR) is 153 cm³/mol. The lowest BCUT2D eigenvalue weighted by Gasteiger charge is -2.23. The second-order valence-electron chi connectivity index (χ2n) is 10.3. The van der Waals surface area contributed by atoms with Gasteiger partial charge in [-0.05, 0) is 31.5 Å². The standard InChI is InChI=1S/C29H21ClN4O10/c1-31-8-14(36)34-32-7-9-5-11-15(28(43)33-9)25(40)20-10(21(11)30)3-4-29(20)26(41)18-19(27(29)42)24(39)17-16(23(18)38)12(35)6-13(44-2)22(17)37/h5-7,31,38-40H,3-4,8H2,1-2H3,(H,33,43)(H,34,36)/b32-7+/t29-/m0/s1. The van der Waals surface area contributed by atoms with Crippen molar-refractivity contribution in [1.29, 1.82) is 0 Å². The second kappa shape index (κ2) is 9.86. The number of fused-ring (bicyclic) bond motifs is 5. The Morgan fingerprint density at radius 3 is 2.36 bits per heavy atom. The molecule has 6 rings (SSSR count). The van der Waals surface area contributed by atoms with Gasteiger partial charge in [-0.1, -0.05) is 11.6 Å². The number of amides is 1. The van der Waals surface area contributed by atoms with E-state index < -0.39 is 85.3 Å². The Balaban J connectivity index is 1.54. The summed E-state index contributed by atoms with van der Waals surface area (Å²) in [5.41, 5.74) is -3.59. The molecule has 2 aromatic carbocycles. The third-order valence-electron chi connectivity index (χ3n) is 8.09. The maximum absolute atomic E-state index is 14.1. The number of hydrogen-bond donors (Lipinski definition) is 6. The van der Waals surface area contributed by atoms with Crippen molar-refractivity contribution in [3.63, 3.8) is 0 Å². The number of Topliss-reactive ketones (excluding diaryl/α,β-unsaturated/α-hetero) is 3. The molecule has 1 aromatic heterocycles. The average Bonchev–Trinajstić information content (AvgIpc) is 3.49. The summed E-state index contributed by atoms with van der Waals surface area (Å²) in [6.45, 7) is -0.00362. The molecule has 3 aliphatic rings. The van der Waals surface area contributed by atoms with Crippen LogP contribution < -0.4 is 16.3 Å². The Labute approximate surface area is 251 Å². The first-order valence-corrected chi connectivity index (χ1v) is 13.4. The van der Waals surface area contributed by atoms with Gasteiger partial charge in [0, 0.05) is 17.0 Å². The number of methoxy groups -OCH3 is 1. The number of rotatable bonds is 5. The first-order chi connectivity index (χ1) is 20.9. The fourth-order valence-electron chi connectivity index (χ4n) is 6.25. The lowest BCUT2D eigenvalue weighted by molar-refractivity contribution is -0.120. The van der Waals surface area contributed by atoms with Crippen molar-refractivity contribution in [2.24, 2.45) is 5.10 Å². The maximum atomic E-state index is 14.1. The van der Waals surface area contributed by atoms with Gasteiger partial charge in [0.1, 0.15) is 22.7 Å². The number of nitrogens with one attached hydrogen (secondary N) is 3. The molecule has 0 fully saturated rings. The summed E-state index contributed by atoms with van der Waals surface area (Å²) in [5, 5.41) is 39.8. The number of ether oxygens (including phenoxy) is 1. The minimum absolute atomic E-state index is 0.00362. The number of aromatic nitrogens is 1. The van der Waals surface area contributed by atoms with E-state index in [0.717, 1.165) is 19.4 Å². The van der Waals surface area contributed by atoms with E-state index in [9.17, 15) is 44.1 Å². The van der Waals surface area contributed by atoms with Crippen molar-refractivity contribution in [2.75, 3.05) is 20.7 Å². The number of phenolic OH excluding ortho intramolecular Hbond substituents is 3. The van der Waals surface area contributed by atoms with E-state index in [1.54, 1.807) is 7.05 Å². The number of aromatic hydroxyl groups is 3. The van der Waals surface area contributed by atoms with Crippen LogP contribution in [0, 0.1) is 0 Å². The molecule has 3 aromatic rings. The molecule has 0 unspecified atom stereocenters. The summed E-state index contributed by atoms with van der Waals surface area (Å²) in [4.78, 5) is 81.3. The van der Waals surface area contributed by atoms with Gasteiger partial charge in [0.15, 0.2) is 23.1 Å². The highest BCUT2D eigenvalue weighted by molar-refractivity contribution is 6.41. The molecule has 224 valence electrons. The van der Waals surface area contributed by atoms with Gasteiger partial charge >= 0.3 is 0 Å². The smallest absolute Gasteiger partial charge is 0.260 e. The minimum atomic E-state index is -2.23. The molecule has 15 heteroatoms. The van der Waals surface area contributed by atoms with Crippen LogP contribution in [0.5, 0.6) is 17.2 Å². The quantitative estimate of drug-likeness (QED) is 0.103. The van der Waals surface area contributed by atoms with Crippen molar-refractivity contribution in [2.45, 2.75) is 18.3 Å². The van der Waals surface area contributed by atoms with Gasteiger partial charge < -0.3 is 30.4 Å². The van der Waals surface area contributed by atoms with Crippen LogP contribution in [-0.4, -0.2) is 76.3 Å². The summed E-state index contributed by atoms with van der Waals surface area (Å²) in [7, 11) is 2.69. The fraction of sp³-hybridized carbons (Fsp3) is 0.207. The van der Waals surface area contributed by atoms with Crippen LogP contribution in [0.1, 0.15) is 64.7 Å². The van der Waals surface area contributed by atoms with Crippen molar-refractivity contribution < 1.29 is 44.0 Å². The summed E-state index contributed by atoms with van der Waals surface area (Å²) in [6, 6.07) is 1.38. The van der Waals surface area contributed by atoms with E-state index in [1.807, 2.05) is 0 Å². The van der Waals surface area contributed by atoms with Crippen LogP contribution in [0.4, 0.5) is 0 Å². The maximum Gasteiger partial charge on any atom is 0.260 e. The van der Waals surface area contributed by atoms with Crippen LogP contribution in [0.3, 0.4) is 0 Å². The van der Waals surface area contributed by atoms with Crippen molar-refractivity contribution >= 4 is 57.6 Å². The second-order valence-corrected chi connectivity index (χ2v) is 10.7. The van der Waals surface area contributed by atoms with Crippen molar-refractivity contribution in [1.82, 2.24) is 15.7 Å². The molecular formula is C29H21ClN4O10. The predicted octanol–water partition coefficient (Wildman–Crippen LogP) is 1.14. The summed E-state index contributed by atoms with van der Waals surface area (Å²) in [6.07, 6.45) is 1.64. The summed E-state index contributed by atoms with van der Waals surface area (Å²) < 4.78 is 4.90. The van der Waals surface area contributed by atoms with Crippen LogP contribution in [-0.2, 0) is 21.4 Å². The summed E-state index contributed by atoms with van der Waals surface area (Å²) >= 11 is 6.72. The third-order valence-corrected chi connectivity index (χ3v) is 8.53. The number of hydrogen-bond acceptors (Lipinski definition) is 12. The van der Waals surface area contributed by atoms with Gasteiger partial charge in [-0.25, -0.2) is 5.43 Å². The van der Waals surface area contributed by atoms with Gasteiger partial charge in [-0.2, -0.15) is 5.10 Å². The highest BCUT2D eigenvalue weighted by Crippen LogP contribution is 2.58. The largest absolute Gasteiger partial charge is 0.507 e. The fourth-order valence-corrected chi connectivity index (χ4v) is 6.58. The molecule has 1 spiro atoms. The molecule has 14 nitrogen and oxygen atoms in total. The number of benzene rings is 2. The molecule has 0 bridgehead atoms. The molecule has 0 saturated carbocycles. The molecule has 3 aliphatic carbocycles. The Morgan fingerprint density at radius 1 is 1.07 bits per heavy atom. The van der Waals surface area contributed by atoms with Gasteiger partial charge in [0.25, 0.3) is 11.5 Å². The number of allylic oxidation sites excluding steroid dienone is 2. The number of aromatic amines is 1. The normalized spacial score (nSPS) is 18.7.